The standard InChI is InChI=1S/C22H23N5O4/c1-15-23-21(25-31-15)17-3-5-18(6-4-17)24-22(28)27-10-8-26(9-11-27)13-16-2-7-19-20(12-16)30-14-29-19/h2-7,12H,8-11,13-14H2,1H3,(H,24,28). The number of carbonyl (C=O) groups is 1. The number of piperazine rings is 1. The molecule has 0 spiro atoms. The molecule has 3 aromatic rings. The van der Waals surface area contributed by atoms with Crippen molar-refractivity contribution in [1.82, 2.24) is 19.9 Å². The van der Waals surface area contributed by atoms with E-state index in [1.807, 2.05) is 41.3 Å². The van der Waals surface area contributed by atoms with Gasteiger partial charge in [-0.15, -0.1) is 0 Å². The number of aryl methyl sites for hydroxylation is 1. The minimum Gasteiger partial charge on any atom is -0.454 e. The van der Waals surface area contributed by atoms with Crippen LogP contribution < -0.4 is 14.8 Å². The summed E-state index contributed by atoms with van der Waals surface area (Å²) >= 11 is 0. The monoisotopic (exact) mass is 421 g/mol. The van der Waals surface area contributed by atoms with Crippen molar-refractivity contribution in [2.75, 3.05) is 38.3 Å². The highest BCUT2D eigenvalue weighted by atomic mass is 16.7. The number of nitrogens with one attached hydrogen (secondary N) is 1. The molecule has 2 aliphatic rings. The van der Waals surface area contributed by atoms with Crippen LogP contribution in [0.4, 0.5) is 10.5 Å². The van der Waals surface area contributed by atoms with Gasteiger partial charge in [0.1, 0.15) is 0 Å². The number of hydrogen-bond donors (Lipinski definition) is 1. The molecule has 1 aromatic heterocycles. The predicted molar refractivity (Wildman–Crippen MR) is 113 cm³/mol. The fourth-order valence-electron chi connectivity index (χ4n) is 3.73. The van der Waals surface area contributed by atoms with E-state index in [0.29, 0.717) is 24.8 Å². The van der Waals surface area contributed by atoms with Crippen molar-refractivity contribution in [3.63, 3.8) is 0 Å². The average molecular weight is 421 g/mol. The zero-order valence-corrected chi connectivity index (χ0v) is 17.2. The number of nitrogens with zero attached hydrogens (tertiary/aromatic N) is 4. The number of rotatable bonds is 4. The van der Waals surface area contributed by atoms with E-state index >= 15 is 0 Å². The van der Waals surface area contributed by atoms with Crippen molar-refractivity contribution < 1.29 is 18.8 Å². The molecule has 160 valence electrons. The summed E-state index contributed by atoms with van der Waals surface area (Å²) in [5.41, 5.74) is 2.75. The maximum absolute atomic E-state index is 12.6. The molecule has 0 atom stereocenters. The van der Waals surface area contributed by atoms with Gasteiger partial charge < -0.3 is 24.2 Å². The molecule has 31 heavy (non-hydrogen) atoms. The van der Waals surface area contributed by atoms with E-state index in [0.717, 1.165) is 42.4 Å². The van der Waals surface area contributed by atoms with Crippen LogP contribution in [0.3, 0.4) is 0 Å². The molecular formula is C22H23N5O4. The molecule has 0 bridgehead atoms. The molecule has 0 radical (unpaired) electrons. The number of ether oxygens (including phenoxy) is 2. The van der Waals surface area contributed by atoms with Crippen LogP contribution in [0.2, 0.25) is 0 Å². The van der Waals surface area contributed by atoms with Crippen molar-refractivity contribution in [2.24, 2.45) is 0 Å². The Hall–Kier alpha value is -3.59. The molecule has 1 fully saturated rings. The molecule has 0 unspecified atom stereocenters. The lowest BCUT2D eigenvalue weighted by molar-refractivity contribution is 0.143. The molecule has 2 amide bonds. The summed E-state index contributed by atoms with van der Waals surface area (Å²) in [4.78, 5) is 21.0. The third-order valence-electron chi connectivity index (χ3n) is 5.42. The Morgan fingerprint density at radius 3 is 2.55 bits per heavy atom. The van der Waals surface area contributed by atoms with Crippen LogP contribution in [0, 0.1) is 6.92 Å². The van der Waals surface area contributed by atoms with Gasteiger partial charge in [-0.3, -0.25) is 4.90 Å². The Labute approximate surface area is 179 Å². The summed E-state index contributed by atoms with van der Waals surface area (Å²) < 4.78 is 15.8. The van der Waals surface area contributed by atoms with E-state index in [2.05, 4.69) is 26.4 Å². The highest BCUT2D eigenvalue weighted by molar-refractivity contribution is 5.89. The third kappa shape index (κ3) is 4.31. The van der Waals surface area contributed by atoms with Crippen molar-refractivity contribution in [1.29, 1.82) is 0 Å². The van der Waals surface area contributed by atoms with Crippen LogP contribution >= 0.6 is 0 Å². The van der Waals surface area contributed by atoms with E-state index in [4.69, 9.17) is 14.0 Å². The number of anilines is 1. The number of fused-ring (bicyclic) bond motifs is 1. The highest BCUT2D eigenvalue weighted by Gasteiger charge is 2.22. The smallest absolute Gasteiger partial charge is 0.321 e. The van der Waals surface area contributed by atoms with Crippen LogP contribution in [0.25, 0.3) is 11.4 Å². The lowest BCUT2D eigenvalue weighted by Gasteiger charge is -2.34. The lowest BCUT2D eigenvalue weighted by Crippen LogP contribution is -2.49. The second kappa shape index (κ2) is 8.27. The first-order valence-corrected chi connectivity index (χ1v) is 10.2. The molecule has 2 aromatic carbocycles. The van der Waals surface area contributed by atoms with Crippen LogP contribution in [0.1, 0.15) is 11.5 Å². The maximum atomic E-state index is 12.6. The number of aromatic nitrogens is 2. The zero-order valence-electron chi connectivity index (χ0n) is 17.2. The minimum absolute atomic E-state index is 0.0918. The van der Waals surface area contributed by atoms with E-state index < -0.39 is 0 Å². The summed E-state index contributed by atoms with van der Waals surface area (Å²) in [6.45, 7) is 5.85. The summed E-state index contributed by atoms with van der Waals surface area (Å²) in [6.07, 6.45) is 0. The number of hydrogen-bond acceptors (Lipinski definition) is 7. The number of amides is 2. The van der Waals surface area contributed by atoms with Crippen molar-refractivity contribution in [3.05, 3.63) is 53.9 Å². The van der Waals surface area contributed by atoms with E-state index in [1.165, 1.54) is 5.56 Å². The Morgan fingerprint density at radius 2 is 1.81 bits per heavy atom. The number of carbonyl (C=O) groups excluding carboxylic acids is 1. The predicted octanol–water partition coefficient (Wildman–Crippen LogP) is 3.12. The zero-order chi connectivity index (χ0) is 21.2. The van der Waals surface area contributed by atoms with Gasteiger partial charge in [0.2, 0.25) is 18.5 Å². The summed E-state index contributed by atoms with van der Waals surface area (Å²) in [6, 6.07) is 13.4. The van der Waals surface area contributed by atoms with Crippen LogP contribution in [0.15, 0.2) is 47.0 Å². The van der Waals surface area contributed by atoms with Gasteiger partial charge in [-0.1, -0.05) is 11.2 Å². The average Bonchev–Trinajstić information content (AvgIpc) is 3.43. The van der Waals surface area contributed by atoms with Gasteiger partial charge >= 0.3 is 6.03 Å². The number of benzene rings is 2. The molecule has 9 nitrogen and oxygen atoms in total. The van der Waals surface area contributed by atoms with E-state index in [-0.39, 0.29) is 12.8 Å². The molecule has 1 saturated heterocycles. The normalized spacial score (nSPS) is 15.8. The molecule has 9 heteroatoms. The van der Waals surface area contributed by atoms with Gasteiger partial charge in [0.15, 0.2) is 11.5 Å². The quantitative estimate of drug-likeness (QED) is 0.692. The Bertz CT molecular complexity index is 1070. The Kier molecular flexibility index (Phi) is 5.17. The second-order valence-electron chi connectivity index (χ2n) is 7.60. The topological polar surface area (TPSA) is 93.0 Å². The van der Waals surface area contributed by atoms with Crippen molar-refractivity contribution in [2.45, 2.75) is 13.5 Å². The Balaban J connectivity index is 1.12. The molecule has 1 N–H and O–H groups in total. The van der Waals surface area contributed by atoms with Gasteiger partial charge in [0.25, 0.3) is 0 Å². The molecule has 0 saturated carbocycles. The first-order valence-electron chi connectivity index (χ1n) is 10.2. The fraction of sp³-hybridized carbons (Fsp3) is 0.318. The highest BCUT2D eigenvalue weighted by Crippen LogP contribution is 2.32. The van der Waals surface area contributed by atoms with E-state index in [9.17, 15) is 4.79 Å². The maximum Gasteiger partial charge on any atom is 0.321 e. The van der Waals surface area contributed by atoms with Crippen LogP contribution in [-0.4, -0.2) is 58.9 Å². The molecule has 0 aliphatic carbocycles. The largest absolute Gasteiger partial charge is 0.454 e. The molecular weight excluding hydrogens is 398 g/mol. The van der Waals surface area contributed by atoms with Gasteiger partial charge in [-0.25, -0.2) is 4.79 Å². The number of urea groups is 1. The molecule has 2 aliphatic heterocycles. The van der Waals surface area contributed by atoms with Crippen LogP contribution in [0.5, 0.6) is 11.5 Å². The lowest BCUT2D eigenvalue weighted by atomic mass is 10.1. The fourth-order valence-corrected chi connectivity index (χ4v) is 3.73. The summed E-state index contributed by atoms with van der Waals surface area (Å²) in [5, 5.41) is 6.87. The second-order valence-corrected chi connectivity index (χ2v) is 7.60. The van der Waals surface area contributed by atoms with Gasteiger partial charge in [0, 0.05) is 50.9 Å². The molecule has 3 heterocycles. The third-order valence-corrected chi connectivity index (χ3v) is 5.42. The van der Waals surface area contributed by atoms with E-state index in [1.54, 1.807) is 6.92 Å². The van der Waals surface area contributed by atoms with Crippen molar-refractivity contribution >= 4 is 11.7 Å². The summed E-state index contributed by atoms with van der Waals surface area (Å²) in [7, 11) is 0. The van der Waals surface area contributed by atoms with Gasteiger partial charge in [0.05, 0.1) is 0 Å². The van der Waals surface area contributed by atoms with Gasteiger partial charge in [-0.2, -0.15) is 4.98 Å². The first kappa shape index (κ1) is 19.4. The minimum atomic E-state index is -0.0918. The summed E-state index contributed by atoms with van der Waals surface area (Å²) in [5.74, 6) is 2.65. The van der Waals surface area contributed by atoms with Crippen molar-refractivity contribution in [3.8, 4) is 22.9 Å². The SMILES string of the molecule is Cc1nc(-c2ccc(NC(=O)N3CCN(Cc4ccc5c(c4)OCO5)CC3)cc2)no1. The first-order chi connectivity index (χ1) is 15.1. The Morgan fingerprint density at radius 1 is 1.03 bits per heavy atom. The van der Waals surface area contributed by atoms with Crippen LogP contribution in [-0.2, 0) is 6.54 Å². The van der Waals surface area contributed by atoms with Gasteiger partial charge in [-0.05, 0) is 42.0 Å². The molecule has 5 rings (SSSR count).